The number of carbonyl (C=O) groups excluding carboxylic acids is 1. The number of rotatable bonds is 3. The summed E-state index contributed by atoms with van der Waals surface area (Å²) in [6.07, 6.45) is 0. The molecule has 86 valence electrons. The topological polar surface area (TPSA) is 88.7 Å². The van der Waals surface area contributed by atoms with Gasteiger partial charge in [0.05, 0.1) is 17.2 Å². The summed E-state index contributed by atoms with van der Waals surface area (Å²) in [6, 6.07) is 8.10. The third-order valence-electron chi connectivity index (χ3n) is 2.35. The lowest BCUT2D eigenvalue weighted by Crippen LogP contribution is -2.35. The van der Waals surface area contributed by atoms with E-state index in [2.05, 4.69) is 10.6 Å². The highest BCUT2D eigenvalue weighted by atomic mass is 16.2. The smallest absolute Gasteiger partial charge is 0.241 e. The van der Waals surface area contributed by atoms with Gasteiger partial charge in [-0.2, -0.15) is 10.5 Å². The first-order valence-electron chi connectivity index (χ1n) is 5.04. The average molecular weight is 228 g/mol. The van der Waals surface area contributed by atoms with Crippen LogP contribution in [0.4, 0.5) is 5.69 Å². The molecule has 0 aromatic heterocycles. The van der Waals surface area contributed by atoms with E-state index in [0.29, 0.717) is 11.3 Å². The van der Waals surface area contributed by atoms with Crippen molar-refractivity contribution in [2.75, 3.05) is 12.4 Å². The summed E-state index contributed by atoms with van der Waals surface area (Å²) in [5.41, 5.74) is 1.06. The number of benzene rings is 1. The molecule has 5 heteroatoms. The summed E-state index contributed by atoms with van der Waals surface area (Å²) in [4.78, 5) is 11.6. The molecule has 17 heavy (non-hydrogen) atoms. The predicted octanol–water partition coefficient (Wildman–Crippen LogP) is 0.976. The fourth-order valence-corrected chi connectivity index (χ4v) is 1.19. The zero-order valence-corrected chi connectivity index (χ0v) is 9.61. The Labute approximate surface area is 99.7 Å². The van der Waals surface area contributed by atoms with Crippen molar-refractivity contribution >= 4 is 11.6 Å². The van der Waals surface area contributed by atoms with E-state index >= 15 is 0 Å². The minimum atomic E-state index is -0.323. The fraction of sp³-hybridized carbons (Fsp3) is 0.250. The molecule has 0 bridgehead atoms. The van der Waals surface area contributed by atoms with Crippen LogP contribution >= 0.6 is 0 Å². The molecule has 1 aromatic carbocycles. The SMILES string of the molecule is CNC(C)C(=O)Nc1ccc(C#N)c(C#N)c1. The summed E-state index contributed by atoms with van der Waals surface area (Å²) in [5, 5.41) is 23.1. The molecule has 0 aliphatic heterocycles. The molecule has 1 rings (SSSR count). The predicted molar refractivity (Wildman–Crippen MR) is 63.0 cm³/mol. The number of carbonyl (C=O) groups is 1. The fourth-order valence-electron chi connectivity index (χ4n) is 1.19. The second kappa shape index (κ2) is 5.64. The third-order valence-corrected chi connectivity index (χ3v) is 2.35. The van der Waals surface area contributed by atoms with Crippen molar-refractivity contribution in [2.24, 2.45) is 0 Å². The number of hydrogen-bond donors (Lipinski definition) is 2. The maximum absolute atomic E-state index is 11.6. The van der Waals surface area contributed by atoms with Gasteiger partial charge in [0.15, 0.2) is 0 Å². The number of likely N-dealkylation sites (N-methyl/N-ethyl adjacent to an activating group) is 1. The molecule has 5 nitrogen and oxygen atoms in total. The molecule has 0 radical (unpaired) electrons. The standard InChI is InChI=1S/C12H12N4O/c1-8(15-2)12(17)16-11-4-3-9(6-13)10(5-11)7-14/h3-5,8,15H,1-2H3,(H,16,17). The molecule has 1 unspecified atom stereocenters. The van der Waals surface area contributed by atoms with Gasteiger partial charge in [-0.15, -0.1) is 0 Å². The Kier molecular flexibility index (Phi) is 4.21. The molecule has 0 fully saturated rings. The molecule has 0 heterocycles. The van der Waals surface area contributed by atoms with Gasteiger partial charge in [0.1, 0.15) is 12.1 Å². The molecule has 0 saturated heterocycles. The van der Waals surface area contributed by atoms with Crippen LogP contribution in [-0.4, -0.2) is 19.0 Å². The van der Waals surface area contributed by atoms with Crippen LogP contribution in [0.3, 0.4) is 0 Å². The van der Waals surface area contributed by atoms with E-state index in [1.165, 1.54) is 12.1 Å². The number of nitrogens with one attached hydrogen (secondary N) is 2. The van der Waals surface area contributed by atoms with E-state index in [9.17, 15) is 4.79 Å². The highest BCUT2D eigenvalue weighted by Gasteiger charge is 2.11. The highest BCUT2D eigenvalue weighted by molar-refractivity contribution is 5.94. The summed E-state index contributed by atoms with van der Waals surface area (Å²) in [7, 11) is 1.68. The van der Waals surface area contributed by atoms with Gasteiger partial charge in [0.2, 0.25) is 5.91 Å². The van der Waals surface area contributed by atoms with Crippen molar-refractivity contribution in [3.63, 3.8) is 0 Å². The van der Waals surface area contributed by atoms with Crippen LogP contribution < -0.4 is 10.6 Å². The lowest BCUT2D eigenvalue weighted by atomic mass is 10.1. The summed E-state index contributed by atoms with van der Waals surface area (Å²) in [5.74, 6) is -0.193. The summed E-state index contributed by atoms with van der Waals surface area (Å²) in [6.45, 7) is 1.73. The zero-order chi connectivity index (χ0) is 12.8. The van der Waals surface area contributed by atoms with Gasteiger partial charge in [0.25, 0.3) is 0 Å². The molecule has 0 aliphatic rings. The van der Waals surface area contributed by atoms with Gasteiger partial charge in [0, 0.05) is 5.69 Å². The van der Waals surface area contributed by atoms with Crippen LogP contribution in [0, 0.1) is 22.7 Å². The second-order valence-electron chi connectivity index (χ2n) is 3.48. The maximum atomic E-state index is 11.6. The Balaban J connectivity index is 2.92. The van der Waals surface area contributed by atoms with Crippen LogP contribution in [0.5, 0.6) is 0 Å². The van der Waals surface area contributed by atoms with Crippen molar-refractivity contribution in [1.29, 1.82) is 10.5 Å². The van der Waals surface area contributed by atoms with Gasteiger partial charge in [-0.1, -0.05) is 0 Å². The highest BCUT2D eigenvalue weighted by Crippen LogP contribution is 2.14. The number of nitrogens with zero attached hydrogens (tertiary/aromatic N) is 2. The van der Waals surface area contributed by atoms with Crippen LogP contribution in [0.1, 0.15) is 18.1 Å². The molecule has 2 N–H and O–H groups in total. The van der Waals surface area contributed by atoms with Crippen molar-refractivity contribution in [2.45, 2.75) is 13.0 Å². The molecule has 0 spiro atoms. The van der Waals surface area contributed by atoms with Crippen LogP contribution in [0.2, 0.25) is 0 Å². The molecular weight excluding hydrogens is 216 g/mol. The Hall–Kier alpha value is -2.37. The molecular formula is C12H12N4O. The number of amides is 1. The van der Waals surface area contributed by atoms with Crippen LogP contribution in [0.25, 0.3) is 0 Å². The first-order chi connectivity index (χ1) is 8.12. The molecule has 1 amide bonds. The lowest BCUT2D eigenvalue weighted by molar-refractivity contribution is -0.117. The van der Waals surface area contributed by atoms with Crippen LogP contribution in [0.15, 0.2) is 18.2 Å². The van der Waals surface area contributed by atoms with E-state index < -0.39 is 0 Å². The Morgan fingerprint density at radius 1 is 1.29 bits per heavy atom. The number of nitriles is 2. The number of anilines is 1. The lowest BCUT2D eigenvalue weighted by Gasteiger charge is -2.11. The first-order valence-corrected chi connectivity index (χ1v) is 5.04. The molecule has 1 atom stereocenters. The van der Waals surface area contributed by atoms with Gasteiger partial charge in [-0.3, -0.25) is 4.79 Å². The molecule has 0 aliphatic carbocycles. The molecule has 1 aromatic rings. The van der Waals surface area contributed by atoms with E-state index in [4.69, 9.17) is 10.5 Å². The van der Waals surface area contributed by atoms with E-state index in [0.717, 1.165) is 0 Å². The van der Waals surface area contributed by atoms with Gasteiger partial charge >= 0.3 is 0 Å². The summed E-state index contributed by atoms with van der Waals surface area (Å²) >= 11 is 0. The third kappa shape index (κ3) is 3.04. The summed E-state index contributed by atoms with van der Waals surface area (Å²) < 4.78 is 0. The first kappa shape index (κ1) is 12.7. The largest absolute Gasteiger partial charge is 0.325 e. The average Bonchev–Trinajstić information content (AvgIpc) is 2.37. The van der Waals surface area contributed by atoms with Crippen molar-refractivity contribution in [1.82, 2.24) is 5.32 Å². The van der Waals surface area contributed by atoms with E-state index in [-0.39, 0.29) is 17.5 Å². The molecule has 0 saturated carbocycles. The minimum Gasteiger partial charge on any atom is -0.325 e. The Bertz CT molecular complexity index is 510. The van der Waals surface area contributed by atoms with Gasteiger partial charge in [-0.05, 0) is 32.2 Å². The van der Waals surface area contributed by atoms with Crippen molar-refractivity contribution < 1.29 is 4.79 Å². The van der Waals surface area contributed by atoms with Crippen LogP contribution in [-0.2, 0) is 4.79 Å². The second-order valence-corrected chi connectivity index (χ2v) is 3.48. The quantitative estimate of drug-likeness (QED) is 0.807. The zero-order valence-electron chi connectivity index (χ0n) is 9.61. The Morgan fingerprint density at radius 2 is 1.94 bits per heavy atom. The van der Waals surface area contributed by atoms with E-state index in [1.807, 2.05) is 12.1 Å². The Morgan fingerprint density at radius 3 is 2.47 bits per heavy atom. The maximum Gasteiger partial charge on any atom is 0.241 e. The van der Waals surface area contributed by atoms with E-state index in [1.54, 1.807) is 20.0 Å². The van der Waals surface area contributed by atoms with Crippen molar-refractivity contribution in [3.8, 4) is 12.1 Å². The minimum absolute atomic E-state index is 0.193. The van der Waals surface area contributed by atoms with Gasteiger partial charge in [-0.25, -0.2) is 0 Å². The monoisotopic (exact) mass is 228 g/mol. The van der Waals surface area contributed by atoms with Gasteiger partial charge < -0.3 is 10.6 Å². The number of hydrogen-bond acceptors (Lipinski definition) is 4. The normalized spacial score (nSPS) is 11.1. The van der Waals surface area contributed by atoms with Crippen molar-refractivity contribution in [3.05, 3.63) is 29.3 Å².